The van der Waals surface area contributed by atoms with E-state index in [-0.39, 0.29) is 11.8 Å². The molecule has 1 saturated carbocycles. The van der Waals surface area contributed by atoms with E-state index in [1.54, 1.807) is 25.3 Å². The number of para-hydroxylation sites is 1. The van der Waals surface area contributed by atoms with Gasteiger partial charge in [-0.05, 0) is 49.9 Å². The van der Waals surface area contributed by atoms with E-state index in [0.717, 1.165) is 36.0 Å². The molecule has 0 spiro atoms. The second-order valence-corrected chi connectivity index (χ2v) is 9.48. The molecule has 3 aromatic heterocycles. The van der Waals surface area contributed by atoms with Gasteiger partial charge < -0.3 is 25.4 Å². The summed E-state index contributed by atoms with van der Waals surface area (Å²) >= 11 is 0. The third-order valence-corrected chi connectivity index (χ3v) is 6.94. The molecule has 0 saturated heterocycles. The largest absolute Gasteiger partial charge is 0.507 e. The van der Waals surface area contributed by atoms with Crippen molar-refractivity contribution in [1.82, 2.24) is 24.5 Å². The second kappa shape index (κ2) is 10.5. The average Bonchev–Trinajstić information content (AvgIpc) is 3.56. The molecule has 1 aliphatic carbocycles. The summed E-state index contributed by atoms with van der Waals surface area (Å²) in [6.45, 7) is 4.30. The molecule has 0 aliphatic heterocycles. The van der Waals surface area contributed by atoms with E-state index in [9.17, 15) is 10.2 Å². The number of pyridine rings is 1. The summed E-state index contributed by atoms with van der Waals surface area (Å²) in [6, 6.07) is 11.3. The lowest BCUT2D eigenvalue weighted by Gasteiger charge is -2.20. The number of rotatable bonds is 9. The zero-order valence-electron chi connectivity index (χ0n) is 20.7. The number of imidazole rings is 1. The summed E-state index contributed by atoms with van der Waals surface area (Å²) < 4.78 is 2.17. The number of benzene rings is 1. The van der Waals surface area contributed by atoms with Crippen molar-refractivity contribution < 1.29 is 10.2 Å². The van der Waals surface area contributed by atoms with E-state index in [1.165, 1.54) is 12.8 Å². The third-order valence-electron chi connectivity index (χ3n) is 6.94. The molecule has 3 heterocycles. The molecule has 1 aromatic carbocycles. The van der Waals surface area contributed by atoms with Crippen LogP contribution in [0.2, 0.25) is 0 Å². The van der Waals surface area contributed by atoms with E-state index >= 15 is 0 Å². The van der Waals surface area contributed by atoms with Crippen LogP contribution >= 0.6 is 0 Å². The van der Waals surface area contributed by atoms with Crippen LogP contribution in [0.15, 0.2) is 48.9 Å². The number of aromatic hydroxyl groups is 1. The molecule has 1 aliphatic rings. The predicted molar refractivity (Wildman–Crippen MR) is 141 cm³/mol. The molecule has 0 amide bonds. The van der Waals surface area contributed by atoms with Crippen molar-refractivity contribution in [3.63, 3.8) is 0 Å². The smallest absolute Gasteiger partial charge is 0.227 e. The summed E-state index contributed by atoms with van der Waals surface area (Å²) in [5.74, 6) is 1.33. The van der Waals surface area contributed by atoms with E-state index in [0.29, 0.717) is 35.6 Å². The third kappa shape index (κ3) is 4.97. The first-order chi connectivity index (χ1) is 17.5. The van der Waals surface area contributed by atoms with Gasteiger partial charge in [-0.2, -0.15) is 9.97 Å². The van der Waals surface area contributed by atoms with Crippen molar-refractivity contribution in [3.05, 3.63) is 54.5 Å². The van der Waals surface area contributed by atoms with Gasteiger partial charge in [0.25, 0.3) is 0 Å². The van der Waals surface area contributed by atoms with Gasteiger partial charge in [0, 0.05) is 24.3 Å². The monoisotopic (exact) mass is 487 g/mol. The number of nitrogens with one attached hydrogen (secondary N) is 2. The number of aliphatic hydroxyl groups excluding tert-OH is 1. The van der Waals surface area contributed by atoms with Crippen LogP contribution < -0.4 is 10.6 Å². The zero-order valence-corrected chi connectivity index (χ0v) is 20.7. The van der Waals surface area contributed by atoms with Gasteiger partial charge in [-0.15, -0.1) is 0 Å². The van der Waals surface area contributed by atoms with Crippen LogP contribution in [0, 0.1) is 0 Å². The Morgan fingerprint density at radius 3 is 2.58 bits per heavy atom. The minimum Gasteiger partial charge on any atom is -0.507 e. The number of fused-ring (bicyclic) bond motifs is 1. The summed E-state index contributed by atoms with van der Waals surface area (Å²) in [7, 11) is 0. The summed E-state index contributed by atoms with van der Waals surface area (Å²) in [5.41, 5.74) is 3.92. The topological polar surface area (TPSA) is 121 Å². The van der Waals surface area contributed by atoms with Gasteiger partial charge in [0.2, 0.25) is 5.95 Å². The molecule has 0 radical (unpaired) electrons. The van der Waals surface area contributed by atoms with Crippen molar-refractivity contribution >= 4 is 22.9 Å². The molecule has 4 aromatic rings. The van der Waals surface area contributed by atoms with Gasteiger partial charge in [0.15, 0.2) is 17.0 Å². The van der Waals surface area contributed by atoms with Gasteiger partial charge in [-0.25, -0.2) is 4.98 Å². The van der Waals surface area contributed by atoms with Crippen LogP contribution in [0.3, 0.4) is 0 Å². The molecule has 5 rings (SSSR count). The Balaban J connectivity index is 1.42. The number of hydrogen-bond donors (Lipinski definition) is 4. The van der Waals surface area contributed by atoms with E-state index < -0.39 is 6.10 Å². The Hall–Kier alpha value is -3.72. The lowest BCUT2D eigenvalue weighted by Crippen LogP contribution is -2.31. The number of phenolic OH excluding ortho intramolecular Hbond substituents is 1. The molecule has 2 atom stereocenters. The Morgan fingerprint density at radius 1 is 1.08 bits per heavy atom. The Labute approximate surface area is 210 Å². The van der Waals surface area contributed by atoms with Crippen LogP contribution in [-0.2, 0) is 6.54 Å². The molecular formula is C27H33N7O2. The average molecular weight is 488 g/mol. The fraction of sp³-hybridized carbons (Fsp3) is 0.407. The predicted octanol–water partition coefficient (Wildman–Crippen LogP) is 4.89. The maximum atomic E-state index is 10.1. The quantitative estimate of drug-likeness (QED) is 0.263. The van der Waals surface area contributed by atoms with Crippen LogP contribution in [0.1, 0.15) is 57.6 Å². The van der Waals surface area contributed by atoms with Gasteiger partial charge in [-0.1, -0.05) is 38.0 Å². The number of aromatic nitrogens is 5. The number of hydrogen-bond acceptors (Lipinski definition) is 8. The summed E-state index contributed by atoms with van der Waals surface area (Å²) in [5, 5.41) is 27.0. The molecule has 9 heteroatoms. The van der Waals surface area contributed by atoms with Crippen molar-refractivity contribution in [3.8, 4) is 17.0 Å². The molecule has 0 bridgehead atoms. The molecule has 2 unspecified atom stereocenters. The van der Waals surface area contributed by atoms with Crippen LogP contribution in [-0.4, -0.2) is 46.9 Å². The van der Waals surface area contributed by atoms with Crippen LogP contribution in [0.5, 0.6) is 5.75 Å². The highest BCUT2D eigenvalue weighted by Crippen LogP contribution is 2.33. The highest BCUT2D eigenvalue weighted by Gasteiger charge is 2.23. The van der Waals surface area contributed by atoms with Crippen molar-refractivity contribution in [2.45, 2.75) is 70.7 Å². The molecular weight excluding hydrogens is 454 g/mol. The number of phenols is 1. The lowest BCUT2D eigenvalue weighted by atomic mass is 10.1. The standard InChI is InChI=1S/C27H33N7O2/c1-3-21(17(2)35)31-27-32-25(24-26(33-27)34(16-30-24)19-8-4-5-9-19)29-15-18-12-13-22(28-14-18)20-10-6-7-11-23(20)36/h6-7,10-14,16-17,19,21,35-36H,3-5,8-9,15H2,1-2H3,(H2,29,31,32,33). The Kier molecular flexibility index (Phi) is 6.99. The number of nitrogens with zero attached hydrogens (tertiary/aromatic N) is 5. The summed E-state index contributed by atoms with van der Waals surface area (Å²) in [6.07, 6.45) is 8.58. The van der Waals surface area contributed by atoms with Crippen molar-refractivity contribution in [1.29, 1.82) is 0 Å². The highest BCUT2D eigenvalue weighted by molar-refractivity contribution is 5.84. The first-order valence-electron chi connectivity index (χ1n) is 12.7. The van der Waals surface area contributed by atoms with Crippen LogP contribution in [0.25, 0.3) is 22.4 Å². The molecule has 188 valence electrons. The molecule has 1 fully saturated rings. The zero-order chi connectivity index (χ0) is 25.1. The van der Waals surface area contributed by atoms with Crippen molar-refractivity contribution in [2.24, 2.45) is 0 Å². The SMILES string of the molecule is CCC(Nc1nc(NCc2ccc(-c3ccccc3O)nc2)c2ncn(C3CCCC3)c2n1)C(C)O. The van der Waals surface area contributed by atoms with E-state index in [4.69, 9.17) is 9.97 Å². The van der Waals surface area contributed by atoms with Gasteiger partial charge in [0.05, 0.1) is 24.2 Å². The number of aliphatic hydroxyl groups is 1. The first-order valence-corrected chi connectivity index (χ1v) is 12.7. The number of anilines is 2. The lowest BCUT2D eigenvalue weighted by molar-refractivity contribution is 0.169. The Bertz CT molecular complexity index is 1310. The maximum Gasteiger partial charge on any atom is 0.227 e. The van der Waals surface area contributed by atoms with E-state index in [1.807, 2.05) is 37.5 Å². The second-order valence-electron chi connectivity index (χ2n) is 9.48. The van der Waals surface area contributed by atoms with Gasteiger partial charge in [0.1, 0.15) is 5.75 Å². The molecule has 4 N–H and O–H groups in total. The summed E-state index contributed by atoms with van der Waals surface area (Å²) in [4.78, 5) is 18.7. The maximum absolute atomic E-state index is 10.1. The minimum absolute atomic E-state index is 0.149. The van der Waals surface area contributed by atoms with Gasteiger partial charge >= 0.3 is 0 Å². The van der Waals surface area contributed by atoms with Gasteiger partial charge in [-0.3, -0.25) is 4.98 Å². The molecule has 9 nitrogen and oxygen atoms in total. The Morgan fingerprint density at radius 2 is 1.89 bits per heavy atom. The normalized spacial score (nSPS) is 15.8. The first kappa shape index (κ1) is 24.0. The highest BCUT2D eigenvalue weighted by atomic mass is 16.3. The van der Waals surface area contributed by atoms with E-state index in [2.05, 4.69) is 25.2 Å². The minimum atomic E-state index is -0.529. The fourth-order valence-corrected chi connectivity index (χ4v) is 4.85. The fourth-order valence-electron chi connectivity index (χ4n) is 4.85. The van der Waals surface area contributed by atoms with Crippen LogP contribution in [0.4, 0.5) is 11.8 Å². The van der Waals surface area contributed by atoms with Crippen molar-refractivity contribution in [2.75, 3.05) is 10.6 Å². The molecule has 36 heavy (non-hydrogen) atoms.